The van der Waals surface area contributed by atoms with E-state index in [1.807, 2.05) is 0 Å². The average molecular weight is 246 g/mol. The van der Waals surface area contributed by atoms with Crippen LogP contribution in [0.2, 0.25) is 0 Å². The monoisotopic (exact) mass is 246 g/mol. The van der Waals surface area contributed by atoms with E-state index in [1.165, 1.54) is 0 Å². The van der Waals surface area contributed by atoms with E-state index < -0.39 is 11.9 Å². The molecule has 17 heavy (non-hydrogen) atoms. The molecule has 1 aliphatic carbocycles. The molecule has 2 rings (SSSR count). The Balaban J connectivity index is 2.08. The van der Waals surface area contributed by atoms with Gasteiger partial charge in [0.15, 0.2) is 5.82 Å². The van der Waals surface area contributed by atoms with Gasteiger partial charge in [-0.15, -0.1) is 5.10 Å². The Labute approximate surface area is 95.6 Å². The number of hydrogen-bond donors (Lipinski definition) is 1. The van der Waals surface area contributed by atoms with Gasteiger partial charge in [0.1, 0.15) is 6.54 Å². The number of carboxylic acids is 1. The van der Waals surface area contributed by atoms with Crippen LogP contribution in [-0.2, 0) is 11.3 Å². The summed E-state index contributed by atoms with van der Waals surface area (Å²) in [6.45, 7) is -0.338. The smallest absolute Gasteiger partial charge is 0.325 e. The van der Waals surface area contributed by atoms with Crippen molar-refractivity contribution in [1.82, 2.24) is 20.2 Å². The van der Waals surface area contributed by atoms with E-state index in [0.717, 1.165) is 4.68 Å². The summed E-state index contributed by atoms with van der Waals surface area (Å²) in [5, 5.41) is 19.3. The molecule has 0 radical (unpaired) electrons. The molecule has 1 saturated carbocycles. The highest BCUT2D eigenvalue weighted by Crippen LogP contribution is 2.39. The molecule has 8 heteroatoms. The minimum Gasteiger partial charge on any atom is -0.480 e. The summed E-state index contributed by atoms with van der Waals surface area (Å²) in [5.74, 6) is -3.45. The van der Waals surface area contributed by atoms with Gasteiger partial charge in [-0.1, -0.05) is 0 Å². The van der Waals surface area contributed by atoms with Gasteiger partial charge in [-0.2, -0.15) is 0 Å². The fourth-order valence-electron chi connectivity index (χ4n) is 2.04. The summed E-state index contributed by atoms with van der Waals surface area (Å²) in [6, 6.07) is 0. The summed E-state index contributed by atoms with van der Waals surface area (Å²) >= 11 is 0. The van der Waals surface area contributed by atoms with Crippen LogP contribution in [0.1, 0.15) is 37.4 Å². The molecule has 1 aliphatic rings. The van der Waals surface area contributed by atoms with Crippen molar-refractivity contribution in [1.29, 1.82) is 0 Å². The maximum atomic E-state index is 13.0. The van der Waals surface area contributed by atoms with Gasteiger partial charge in [-0.25, -0.2) is 13.5 Å². The molecule has 0 aliphatic heterocycles. The van der Waals surface area contributed by atoms with E-state index in [0.29, 0.717) is 5.82 Å². The predicted octanol–water partition coefficient (Wildman–Crippen LogP) is 1.05. The van der Waals surface area contributed by atoms with E-state index in [9.17, 15) is 13.6 Å². The number of hydrogen-bond acceptors (Lipinski definition) is 4. The van der Waals surface area contributed by atoms with Gasteiger partial charge in [0.05, 0.1) is 0 Å². The molecule has 1 aromatic rings. The van der Waals surface area contributed by atoms with Crippen molar-refractivity contribution in [3.8, 4) is 0 Å². The fourth-order valence-corrected chi connectivity index (χ4v) is 2.04. The summed E-state index contributed by atoms with van der Waals surface area (Å²) < 4.78 is 27.1. The van der Waals surface area contributed by atoms with Gasteiger partial charge in [-0.05, 0) is 23.3 Å². The Morgan fingerprint density at radius 1 is 1.47 bits per heavy atom. The topological polar surface area (TPSA) is 80.9 Å². The summed E-state index contributed by atoms with van der Waals surface area (Å²) in [7, 11) is 0. The second-order valence-electron chi connectivity index (χ2n) is 4.22. The molecular formula is C9H12F2N4O2. The van der Waals surface area contributed by atoms with Gasteiger partial charge in [-0.3, -0.25) is 4.79 Å². The van der Waals surface area contributed by atoms with E-state index >= 15 is 0 Å². The van der Waals surface area contributed by atoms with Gasteiger partial charge < -0.3 is 5.11 Å². The number of carboxylic acid groups (broad SMARTS) is 1. The van der Waals surface area contributed by atoms with E-state index in [1.54, 1.807) is 0 Å². The van der Waals surface area contributed by atoms with E-state index in [2.05, 4.69) is 15.5 Å². The molecule has 0 spiro atoms. The zero-order chi connectivity index (χ0) is 12.5. The lowest BCUT2D eigenvalue weighted by Gasteiger charge is -2.27. The van der Waals surface area contributed by atoms with Crippen molar-refractivity contribution in [3.63, 3.8) is 0 Å². The van der Waals surface area contributed by atoms with Crippen LogP contribution in [0.15, 0.2) is 0 Å². The van der Waals surface area contributed by atoms with Crippen molar-refractivity contribution >= 4 is 5.97 Å². The maximum Gasteiger partial charge on any atom is 0.325 e. The van der Waals surface area contributed by atoms with Crippen molar-refractivity contribution in [2.75, 3.05) is 0 Å². The fraction of sp³-hybridized carbons (Fsp3) is 0.778. The molecule has 1 N–H and O–H groups in total. The Morgan fingerprint density at radius 3 is 2.71 bits per heavy atom. The Bertz CT molecular complexity index is 411. The van der Waals surface area contributed by atoms with Gasteiger partial charge in [0.25, 0.3) is 0 Å². The molecule has 0 bridgehead atoms. The predicted molar refractivity (Wildman–Crippen MR) is 51.6 cm³/mol. The average Bonchev–Trinajstić information content (AvgIpc) is 2.65. The van der Waals surface area contributed by atoms with Crippen LogP contribution < -0.4 is 0 Å². The minimum atomic E-state index is -2.61. The minimum absolute atomic E-state index is 0.177. The number of halogens is 2. The number of rotatable bonds is 3. The highest BCUT2D eigenvalue weighted by Gasteiger charge is 2.37. The SMILES string of the molecule is O=C(O)Cn1nnnc1C1CCC(F)(F)CC1. The molecule has 0 saturated heterocycles. The molecule has 0 unspecified atom stereocenters. The zero-order valence-electron chi connectivity index (χ0n) is 9.01. The molecule has 0 aromatic carbocycles. The molecule has 0 atom stereocenters. The third kappa shape index (κ3) is 2.75. The zero-order valence-corrected chi connectivity index (χ0v) is 9.01. The first-order chi connectivity index (χ1) is 7.98. The maximum absolute atomic E-state index is 13.0. The number of alkyl halides is 2. The normalized spacial score (nSPS) is 20.4. The standard InChI is InChI=1S/C9H12F2N4O2/c10-9(11)3-1-6(2-4-9)8-12-13-14-15(8)5-7(16)17/h6H,1-5H2,(H,16,17). The third-order valence-corrected chi connectivity index (χ3v) is 2.93. The molecule has 1 aromatic heterocycles. The number of aromatic nitrogens is 4. The largest absolute Gasteiger partial charge is 0.480 e. The van der Waals surface area contributed by atoms with Crippen LogP contribution in [0, 0.1) is 0 Å². The van der Waals surface area contributed by atoms with Gasteiger partial charge in [0.2, 0.25) is 5.92 Å². The molecule has 0 amide bonds. The van der Waals surface area contributed by atoms with Crippen LogP contribution in [0.25, 0.3) is 0 Å². The van der Waals surface area contributed by atoms with E-state index in [4.69, 9.17) is 5.11 Å². The van der Waals surface area contributed by atoms with Crippen LogP contribution in [0.5, 0.6) is 0 Å². The highest BCUT2D eigenvalue weighted by molar-refractivity contribution is 5.66. The highest BCUT2D eigenvalue weighted by atomic mass is 19.3. The Morgan fingerprint density at radius 2 is 2.12 bits per heavy atom. The molecular weight excluding hydrogens is 234 g/mol. The van der Waals surface area contributed by atoms with Crippen LogP contribution in [0.3, 0.4) is 0 Å². The van der Waals surface area contributed by atoms with Gasteiger partial charge >= 0.3 is 5.97 Å². The van der Waals surface area contributed by atoms with Crippen molar-refractivity contribution in [2.45, 2.75) is 44.1 Å². The number of nitrogens with zero attached hydrogens (tertiary/aromatic N) is 4. The molecule has 6 nitrogen and oxygen atoms in total. The first kappa shape index (κ1) is 11.9. The summed E-state index contributed by atoms with van der Waals surface area (Å²) in [5.41, 5.74) is 0. The number of carbonyl (C=O) groups is 1. The molecule has 1 fully saturated rings. The summed E-state index contributed by atoms with van der Waals surface area (Å²) in [6.07, 6.45) is 0.176. The lowest BCUT2D eigenvalue weighted by Crippen LogP contribution is -2.26. The second kappa shape index (κ2) is 4.34. The number of tetrazole rings is 1. The van der Waals surface area contributed by atoms with Crippen LogP contribution >= 0.6 is 0 Å². The number of aliphatic carboxylic acids is 1. The lowest BCUT2D eigenvalue weighted by atomic mass is 9.86. The molecule has 94 valence electrons. The Kier molecular flexibility index (Phi) is 3.03. The van der Waals surface area contributed by atoms with E-state index in [-0.39, 0.29) is 38.1 Å². The summed E-state index contributed by atoms with van der Waals surface area (Å²) in [4.78, 5) is 10.6. The Hall–Kier alpha value is -1.60. The lowest BCUT2D eigenvalue weighted by molar-refractivity contribution is -0.138. The molecule has 1 heterocycles. The van der Waals surface area contributed by atoms with Crippen molar-refractivity contribution in [3.05, 3.63) is 5.82 Å². The van der Waals surface area contributed by atoms with Crippen molar-refractivity contribution < 1.29 is 18.7 Å². The second-order valence-corrected chi connectivity index (χ2v) is 4.22. The first-order valence-electron chi connectivity index (χ1n) is 5.33. The van der Waals surface area contributed by atoms with Crippen LogP contribution in [0.4, 0.5) is 8.78 Å². The van der Waals surface area contributed by atoms with Crippen molar-refractivity contribution in [2.24, 2.45) is 0 Å². The quantitative estimate of drug-likeness (QED) is 0.862. The van der Waals surface area contributed by atoms with Crippen LogP contribution in [-0.4, -0.2) is 37.2 Å². The third-order valence-electron chi connectivity index (χ3n) is 2.93. The van der Waals surface area contributed by atoms with Gasteiger partial charge in [0, 0.05) is 18.8 Å². The first-order valence-corrected chi connectivity index (χ1v) is 5.33.